The number of anilines is 1. The largest absolute Gasteiger partial charge is 0.459 e. The number of furan rings is 1. The average Bonchev–Trinajstić information content (AvgIpc) is 3.59. The maximum Gasteiger partial charge on any atom is 0.411 e. The molecule has 1 aromatic heterocycles. The fourth-order valence-electron chi connectivity index (χ4n) is 4.62. The summed E-state index contributed by atoms with van der Waals surface area (Å²) in [5.41, 5.74) is 3.99. The number of hydrogen-bond donors (Lipinski definition) is 2. The Morgan fingerprint density at radius 2 is 1.72 bits per heavy atom. The van der Waals surface area contributed by atoms with Gasteiger partial charge in [-0.3, -0.25) is 14.5 Å². The Bertz CT molecular complexity index is 1450. The Morgan fingerprint density at radius 3 is 2.44 bits per heavy atom. The van der Waals surface area contributed by atoms with Crippen molar-refractivity contribution in [2.75, 3.05) is 5.32 Å². The maximum absolute atomic E-state index is 13.8. The van der Waals surface area contributed by atoms with E-state index in [9.17, 15) is 14.4 Å². The third-order valence-electron chi connectivity index (χ3n) is 6.70. The van der Waals surface area contributed by atoms with E-state index >= 15 is 0 Å². The highest BCUT2D eigenvalue weighted by Crippen LogP contribution is 2.35. The van der Waals surface area contributed by atoms with Crippen LogP contribution in [-0.4, -0.2) is 28.8 Å². The summed E-state index contributed by atoms with van der Waals surface area (Å²) in [5.74, 6) is -0.573. The number of cyclic esters (lactones) is 1. The van der Waals surface area contributed by atoms with Crippen LogP contribution in [-0.2, 0) is 16.1 Å². The van der Waals surface area contributed by atoms with E-state index in [0.29, 0.717) is 11.3 Å². The summed E-state index contributed by atoms with van der Waals surface area (Å²) in [6.45, 7) is 4.10. The van der Waals surface area contributed by atoms with Crippen LogP contribution < -0.4 is 10.6 Å². The first-order chi connectivity index (χ1) is 18.9. The van der Waals surface area contributed by atoms with Crippen LogP contribution >= 0.6 is 0 Å². The van der Waals surface area contributed by atoms with Gasteiger partial charge in [-0.05, 0) is 54.8 Å². The molecular formula is C31H29N3O5. The molecule has 1 aliphatic heterocycles. The summed E-state index contributed by atoms with van der Waals surface area (Å²) in [4.78, 5) is 40.9. The Balaban J connectivity index is 1.43. The quantitative estimate of drug-likeness (QED) is 0.305. The lowest BCUT2D eigenvalue weighted by molar-refractivity contribution is -0.127. The minimum Gasteiger partial charge on any atom is -0.459 e. The van der Waals surface area contributed by atoms with E-state index in [1.54, 1.807) is 36.4 Å². The normalized spacial score (nSPS) is 17.4. The first-order valence-electron chi connectivity index (χ1n) is 12.7. The van der Waals surface area contributed by atoms with E-state index in [1.807, 2.05) is 68.4 Å². The van der Waals surface area contributed by atoms with Gasteiger partial charge < -0.3 is 19.8 Å². The summed E-state index contributed by atoms with van der Waals surface area (Å²) < 4.78 is 11.0. The SMILES string of the molecule is Cc1ccc(CN2C(=O)OC(c3cccc(NC(=O)c4ccco4)c3)C2C(=O)NC(C)c2ccccc2)cc1. The van der Waals surface area contributed by atoms with Crippen molar-refractivity contribution in [3.05, 3.63) is 125 Å². The van der Waals surface area contributed by atoms with Crippen molar-refractivity contribution in [1.29, 1.82) is 0 Å². The van der Waals surface area contributed by atoms with Crippen LogP contribution in [0.3, 0.4) is 0 Å². The third kappa shape index (κ3) is 5.85. The van der Waals surface area contributed by atoms with Crippen LogP contribution in [0.5, 0.6) is 0 Å². The predicted octanol–water partition coefficient (Wildman–Crippen LogP) is 5.78. The molecule has 39 heavy (non-hydrogen) atoms. The van der Waals surface area contributed by atoms with Crippen molar-refractivity contribution < 1.29 is 23.5 Å². The third-order valence-corrected chi connectivity index (χ3v) is 6.70. The second-order valence-corrected chi connectivity index (χ2v) is 9.56. The molecule has 8 heteroatoms. The molecule has 0 aliphatic carbocycles. The minimum atomic E-state index is -0.930. The van der Waals surface area contributed by atoms with E-state index in [1.165, 1.54) is 11.2 Å². The first-order valence-corrected chi connectivity index (χ1v) is 12.7. The van der Waals surface area contributed by atoms with Gasteiger partial charge in [0, 0.05) is 5.69 Å². The molecule has 1 saturated heterocycles. The van der Waals surface area contributed by atoms with Crippen LogP contribution in [0.25, 0.3) is 0 Å². The van der Waals surface area contributed by atoms with Crippen LogP contribution in [0.1, 0.15) is 51.9 Å². The Morgan fingerprint density at radius 1 is 0.949 bits per heavy atom. The first kappa shape index (κ1) is 25.8. The van der Waals surface area contributed by atoms with Crippen LogP contribution in [0.2, 0.25) is 0 Å². The number of nitrogens with zero attached hydrogens (tertiary/aromatic N) is 1. The highest BCUT2D eigenvalue weighted by atomic mass is 16.6. The number of carbonyl (C=O) groups is 3. The van der Waals surface area contributed by atoms with Gasteiger partial charge in [-0.25, -0.2) is 4.79 Å². The molecule has 8 nitrogen and oxygen atoms in total. The van der Waals surface area contributed by atoms with Crippen LogP contribution in [0, 0.1) is 6.92 Å². The number of ether oxygens (including phenoxy) is 1. The monoisotopic (exact) mass is 523 g/mol. The van der Waals surface area contributed by atoms with Crippen molar-refractivity contribution in [1.82, 2.24) is 10.2 Å². The van der Waals surface area contributed by atoms with Gasteiger partial charge in [-0.2, -0.15) is 0 Å². The molecule has 3 amide bonds. The lowest BCUT2D eigenvalue weighted by atomic mass is 9.99. The molecule has 1 aliphatic rings. The molecule has 1 fully saturated rings. The molecule has 0 spiro atoms. The molecule has 0 bridgehead atoms. The predicted molar refractivity (Wildman–Crippen MR) is 146 cm³/mol. The van der Waals surface area contributed by atoms with E-state index in [4.69, 9.17) is 9.15 Å². The van der Waals surface area contributed by atoms with Crippen molar-refractivity contribution in [2.45, 2.75) is 38.6 Å². The molecule has 4 aromatic rings. The van der Waals surface area contributed by atoms with E-state index < -0.39 is 24.1 Å². The molecule has 5 rings (SSSR count). The summed E-state index contributed by atoms with van der Waals surface area (Å²) in [7, 11) is 0. The lowest BCUT2D eigenvalue weighted by Gasteiger charge is -2.26. The van der Waals surface area contributed by atoms with Gasteiger partial charge in [-0.1, -0.05) is 72.3 Å². The van der Waals surface area contributed by atoms with E-state index in [2.05, 4.69) is 10.6 Å². The lowest BCUT2D eigenvalue weighted by Crippen LogP contribution is -2.46. The van der Waals surface area contributed by atoms with Crippen molar-refractivity contribution in [3.63, 3.8) is 0 Å². The molecule has 3 atom stereocenters. The van der Waals surface area contributed by atoms with Gasteiger partial charge in [-0.15, -0.1) is 0 Å². The molecule has 198 valence electrons. The number of nitrogens with one attached hydrogen (secondary N) is 2. The second-order valence-electron chi connectivity index (χ2n) is 9.56. The molecule has 3 aromatic carbocycles. The van der Waals surface area contributed by atoms with Gasteiger partial charge in [0.1, 0.15) is 0 Å². The summed E-state index contributed by atoms with van der Waals surface area (Å²) in [6.07, 6.45) is -0.0458. The zero-order valence-corrected chi connectivity index (χ0v) is 21.7. The smallest absolute Gasteiger partial charge is 0.411 e. The number of benzene rings is 3. The summed E-state index contributed by atoms with van der Waals surface area (Å²) in [6, 6.07) is 26.3. The van der Waals surface area contributed by atoms with Crippen LogP contribution in [0.4, 0.5) is 10.5 Å². The number of hydrogen-bond acceptors (Lipinski definition) is 5. The molecule has 0 radical (unpaired) electrons. The van der Waals surface area contributed by atoms with Gasteiger partial charge in [0.2, 0.25) is 5.91 Å². The number of aryl methyl sites for hydroxylation is 1. The summed E-state index contributed by atoms with van der Waals surface area (Å²) in [5, 5.41) is 5.84. The number of rotatable bonds is 8. The van der Waals surface area contributed by atoms with E-state index in [-0.39, 0.29) is 24.3 Å². The Hall–Kier alpha value is -4.85. The van der Waals surface area contributed by atoms with E-state index in [0.717, 1.165) is 16.7 Å². The second kappa shape index (κ2) is 11.3. The minimum absolute atomic E-state index is 0.170. The Labute approximate surface area is 226 Å². The standard InChI is InChI=1S/C31H29N3O5/c1-20-13-15-22(16-14-20)19-34-27(30(36)32-21(2)23-8-4-3-5-9-23)28(39-31(34)37)24-10-6-11-25(18-24)33-29(35)26-12-7-17-38-26/h3-18,21,27-28H,19H2,1-2H3,(H,32,36)(H,33,35). The number of amides is 3. The highest BCUT2D eigenvalue weighted by Gasteiger charge is 2.47. The maximum atomic E-state index is 13.8. The summed E-state index contributed by atoms with van der Waals surface area (Å²) >= 11 is 0. The molecule has 0 saturated carbocycles. The highest BCUT2D eigenvalue weighted by molar-refractivity contribution is 6.02. The fourth-order valence-corrected chi connectivity index (χ4v) is 4.62. The van der Waals surface area contributed by atoms with Crippen molar-refractivity contribution in [3.8, 4) is 0 Å². The van der Waals surface area contributed by atoms with Gasteiger partial charge in [0.15, 0.2) is 17.9 Å². The van der Waals surface area contributed by atoms with Crippen molar-refractivity contribution in [2.24, 2.45) is 0 Å². The topological polar surface area (TPSA) is 101 Å². The Kier molecular flexibility index (Phi) is 7.45. The van der Waals surface area contributed by atoms with Crippen molar-refractivity contribution >= 4 is 23.6 Å². The number of carbonyl (C=O) groups excluding carboxylic acids is 3. The van der Waals surface area contributed by atoms with Gasteiger partial charge >= 0.3 is 6.09 Å². The zero-order valence-electron chi connectivity index (χ0n) is 21.7. The molecule has 3 unspecified atom stereocenters. The average molecular weight is 524 g/mol. The molecule has 2 heterocycles. The fraction of sp³-hybridized carbons (Fsp3) is 0.194. The molecule has 2 N–H and O–H groups in total. The van der Waals surface area contributed by atoms with Crippen LogP contribution in [0.15, 0.2) is 102 Å². The molecular weight excluding hydrogens is 494 g/mol. The van der Waals surface area contributed by atoms with Gasteiger partial charge in [0.25, 0.3) is 5.91 Å². The zero-order chi connectivity index (χ0) is 27.4. The van der Waals surface area contributed by atoms with Gasteiger partial charge in [0.05, 0.1) is 18.8 Å².